The molecule has 0 aliphatic carbocycles. The summed E-state index contributed by atoms with van der Waals surface area (Å²) in [5.74, 6) is 0. The van der Waals surface area contributed by atoms with Crippen molar-refractivity contribution in [3.05, 3.63) is 71.8 Å². The van der Waals surface area contributed by atoms with Crippen LogP contribution in [0.5, 0.6) is 0 Å². The molecule has 0 aromatic heterocycles. The highest BCUT2D eigenvalue weighted by atomic mass is 16.5. The molecule has 3 nitrogen and oxygen atoms in total. The molecule has 0 N–H and O–H groups in total. The quantitative estimate of drug-likeness (QED) is 0.277. The highest BCUT2D eigenvalue weighted by molar-refractivity contribution is 5.70. The van der Waals surface area contributed by atoms with E-state index in [2.05, 4.69) is 13.8 Å². The minimum absolute atomic E-state index is 0.560. The van der Waals surface area contributed by atoms with Crippen molar-refractivity contribution in [3.63, 3.8) is 0 Å². The van der Waals surface area contributed by atoms with Crippen molar-refractivity contribution in [3.8, 4) is 0 Å². The standard InChI is InChI=1S/C26H34O3/c1-3-5-13-19-25(21-27,23-15-9-7-10-16-23)29-26(22-28,20-14-6-4-2)24-17-11-8-12-18-24/h7-12,15-18,21-22H,3-6,13-14,19-20H2,1-2H3. The summed E-state index contributed by atoms with van der Waals surface area (Å²) >= 11 is 0. The van der Waals surface area contributed by atoms with Gasteiger partial charge in [-0.15, -0.1) is 0 Å². The zero-order valence-corrected chi connectivity index (χ0v) is 17.8. The number of hydrogen-bond donors (Lipinski definition) is 0. The Hall–Kier alpha value is -2.26. The normalized spacial score (nSPS) is 15.2. The molecule has 2 aromatic carbocycles. The largest absolute Gasteiger partial charge is 0.344 e. The Morgan fingerprint density at radius 2 is 1.03 bits per heavy atom. The molecule has 0 fully saturated rings. The molecule has 29 heavy (non-hydrogen) atoms. The smallest absolute Gasteiger partial charge is 0.156 e. The maximum Gasteiger partial charge on any atom is 0.156 e. The van der Waals surface area contributed by atoms with Crippen LogP contribution >= 0.6 is 0 Å². The topological polar surface area (TPSA) is 43.4 Å². The van der Waals surface area contributed by atoms with Gasteiger partial charge in [-0.1, -0.05) is 100 Å². The van der Waals surface area contributed by atoms with Gasteiger partial charge in [-0.2, -0.15) is 0 Å². The zero-order valence-electron chi connectivity index (χ0n) is 17.8. The van der Waals surface area contributed by atoms with E-state index >= 15 is 0 Å². The Morgan fingerprint density at radius 1 is 0.655 bits per heavy atom. The Morgan fingerprint density at radius 3 is 1.34 bits per heavy atom. The number of carbonyl (C=O) groups excluding carboxylic acids is 2. The summed E-state index contributed by atoms with van der Waals surface area (Å²) in [6.07, 6.45) is 8.79. The summed E-state index contributed by atoms with van der Waals surface area (Å²) in [5, 5.41) is 0. The lowest BCUT2D eigenvalue weighted by molar-refractivity contribution is -0.178. The van der Waals surface area contributed by atoms with Crippen LogP contribution in [-0.4, -0.2) is 12.6 Å². The molecular formula is C26H34O3. The number of benzene rings is 2. The van der Waals surface area contributed by atoms with E-state index < -0.39 is 11.2 Å². The third kappa shape index (κ3) is 5.86. The Bertz CT molecular complexity index is 665. The number of hydrogen-bond acceptors (Lipinski definition) is 3. The van der Waals surface area contributed by atoms with Gasteiger partial charge in [-0.25, -0.2) is 0 Å². The number of ether oxygens (including phenoxy) is 1. The molecule has 156 valence electrons. The van der Waals surface area contributed by atoms with Gasteiger partial charge in [0.1, 0.15) is 11.2 Å². The van der Waals surface area contributed by atoms with E-state index in [1.807, 2.05) is 60.7 Å². The molecule has 0 bridgehead atoms. The van der Waals surface area contributed by atoms with Gasteiger partial charge >= 0.3 is 0 Å². The van der Waals surface area contributed by atoms with Gasteiger partial charge in [0.15, 0.2) is 12.6 Å². The monoisotopic (exact) mass is 394 g/mol. The first-order chi connectivity index (χ1) is 14.2. The van der Waals surface area contributed by atoms with Crippen molar-refractivity contribution in [2.75, 3.05) is 0 Å². The van der Waals surface area contributed by atoms with Crippen LogP contribution in [-0.2, 0) is 25.5 Å². The first-order valence-corrected chi connectivity index (χ1v) is 10.9. The summed E-state index contributed by atoms with van der Waals surface area (Å²) in [4.78, 5) is 25.1. The molecule has 2 atom stereocenters. The zero-order chi connectivity index (χ0) is 21.0. The Balaban J connectivity index is 2.50. The lowest BCUT2D eigenvalue weighted by atomic mass is 9.84. The lowest BCUT2D eigenvalue weighted by Crippen LogP contribution is -2.43. The summed E-state index contributed by atoms with van der Waals surface area (Å²) in [6, 6.07) is 19.2. The van der Waals surface area contributed by atoms with Crippen LogP contribution in [0.25, 0.3) is 0 Å². The van der Waals surface area contributed by atoms with Gasteiger partial charge in [0, 0.05) is 0 Å². The molecule has 0 saturated heterocycles. The third-order valence-electron chi connectivity index (χ3n) is 5.57. The Labute approximate surface area is 175 Å². The highest BCUT2D eigenvalue weighted by Crippen LogP contribution is 2.40. The first kappa shape index (κ1) is 23.0. The van der Waals surface area contributed by atoms with Crippen molar-refractivity contribution >= 4 is 12.6 Å². The van der Waals surface area contributed by atoms with Gasteiger partial charge in [-0.05, 0) is 36.8 Å². The fourth-order valence-electron chi connectivity index (χ4n) is 3.85. The molecule has 3 heteroatoms. The second kappa shape index (κ2) is 11.7. The fourth-order valence-corrected chi connectivity index (χ4v) is 3.85. The van der Waals surface area contributed by atoms with Crippen molar-refractivity contribution in [2.24, 2.45) is 0 Å². The van der Waals surface area contributed by atoms with Crippen LogP contribution in [0.4, 0.5) is 0 Å². The van der Waals surface area contributed by atoms with Crippen molar-refractivity contribution in [1.29, 1.82) is 0 Å². The number of carbonyl (C=O) groups is 2. The van der Waals surface area contributed by atoms with Crippen LogP contribution in [0.2, 0.25) is 0 Å². The second-order valence-electron chi connectivity index (χ2n) is 7.76. The van der Waals surface area contributed by atoms with Gasteiger partial charge in [0.2, 0.25) is 0 Å². The summed E-state index contributed by atoms with van der Waals surface area (Å²) in [5.41, 5.74) is -0.661. The third-order valence-corrected chi connectivity index (χ3v) is 5.57. The summed E-state index contributed by atoms with van der Waals surface area (Å²) in [7, 11) is 0. The van der Waals surface area contributed by atoms with Crippen LogP contribution in [0, 0.1) is 0 Å². The first-order valence-electron chi connectivity index (χ1n) is 10.9. The van der Waals surface area contributed by atoms with E-state index in [4.69, 9.17) is 4.74 Å². The van der Waals surface area contributed by atoms with E-state index in [0.717, 1.165) is 62.2 Å². The predicted octanol–water partition coefficient (Wildman–Crippen LogP) is 6.35. The van der Waals surface area contributed by atoms with E-state index in [0.29, 0.717) is 12.8 Å². The van der Waals surface area contributed by atoms with Crippen LogP contribution in [0.1, 0.15) is 76.3 Å². The van der Waals surface area contributed by atoms with E-state index in [-0.39, 0.29) is 0 Å². The SMILES string of the molecule is CCCCCC(C=O)(OC(C=O)(CCCCC)c1ccccc1)c1ccccc1. The van der Waals surface area contributed by atoms with Gasteiger partial charge in [-0.3, -0.25) is 9.59 Å². The second-order valence-corrected chi connectivity index (χ2v) is 7.76. The van der Waals surface area contributed by atoms with Crippen LogP contribution in [0.3, 0.4) is 0 Å². The van der Waals surface area contributed by atoms with E-state index in [1.54, 1.807) is 0 Å². The van der Waals surface area contributed by atoms with Crippen molar-refractivity contribution < 1.29 is 14.3 Å². The van der Waals surface area contributed by atoms with Gasteiger partial charge in [0.05, 0.1) is 0 Å². The molecule has 2 aromatic rings. The van der Waals surface area contributed by atoms with E-state index in [1.165, 1.54) is 0 Å². The van der Waals surface area contributed by atoms with Crippen LogP contribution in [0.15, 0.2) is 60.7 Å². The molecule has 0 amide bonds. The maximum absolute atomic E-state index is 12.5. The van der Waals surface area contributed by atoms with E-state index in [9.17, 15) is 9.59 Å². The van der Waals surface area contributed by atoms with Gasteiger partial charge < -0.3 is 4.74 Å². The summed E-state index contributed by atoms with van der Waals surface area (Å²) in [6.45, 7) is 4.27. The predicted molar refractivity (Wildman–Crippen MR) is 118 cm³/mol. The minimum atomic E-state index is -1.14. The average molecular weight is 395 g/mol. The number of unbranched alkanes of at least 4 members (excludes halogenated alkanes) is 4. The van der Waals surface area contributed by atoms with Crippen molar-refractivity contribution in [1.82, 2.24) is 0 Å². The molecule has 0 spiro atoms. The number of rotatable bonds is 14. The van der Waals surface area contributed by atoms with Gasteiger partial charge in [0.25, 0.3) is 0 Å². The average Bonchev–Trinajstić information content (AvgIpc) is 2.79. The molecule has 0 heterocycles. The highest BCUT2D eigenvalue weighted by Gasteiger charge is 2.44. The molecule has 0 aliphatic heterocycles. The molecule has 2 unspecified atom stereocenters. The van der Waals surface area contributed by atoms with Crippen molar-refractivity contribution in [2.45, 2.75) is 76.4 Å². The molecular weight excluding hydrogens is 360 g/mol. The maximum atomic E-state index is 12.5. The molecule has 0 aliphatic rings. The Kier molecular flexibility index (Phi) is 9.27. The molecule has 2 rings (SSSR count). The molecule has 0 radical (unpaired) electrons. The minimum Gasteiger partial charge on any atom is -0.344 e. The lowest BCUT2D eigenvalue weighted by Gasteiger charge is -2.39. The fraction of sp³-hybridized carbons (Fsp3) is 0.462. The number of aldehydes is 2. The molecule has 0 saturated carbocycles. The summed E-state index contributed by atoms with van der Waals surface area (Å²) < 4.78 is 6.65. The van der Waals surface area contributed by atoms with Crippen LogP contribution < -0.4 is 0 Å².